The van der Waals surface area contributed by atoms with Crippen molar-refractivity contribution in [1.29, 1.82) is 0 Å². The second kappa shape index (κ2) is 11.6. The molecule has 0 amide bonds. The van der Waals surface area contributed by atoms with Crippen molar-refractivity contribution in [3.8, 4) is 44.5 Å². The number of nitrogens with zero attached hydrogens (tertiary/aromatic N) is 2. The molecule has 226 valence electrons. The molecule has 5 heteroatoms. The summed E-state index contributed by atoms with van der Waals surface area (Å²) in [4.78, 5) is 21.5. The Labute approximate surface area is 277 Å². The highest BCUT2D eigenvalue weighted by Gasteiger charge is 2.18. The van der Waals surface area contributed by atoms with Crippen LogP contribution in [0.3, 0.4) is 0 Å². The first-order valence-electron chi connectivity index (χ1n) is 16.1. The molecule has 48 heavy (non-hydrogen) atoms. The summed E-state index contributed by atoms with van der Waals surface area (Å²) in [6.07, 6.45) is 12.4. The molecule has 6 heterocycles. The van der Waals surface area contributed by atoms with E-state index in [1.807, 2.05) is 30.6 Å². The zero-order valence-electron chi connectivity index (χ0n) is 26.0. The normalized spacial score (nSPS) is 12.0. The summed E-state index contributed by atoms with van der Waals surface area (Å²) in [6, 6.07) is 44.3. The molecule has 0 atom stereocenters. The summed E-state index contributed by atoms with van der Waals surface area (Å²) < 4.78 is 0. The van der Waals surface area contributed by atoms with Crippen LogP contribution in [-0.2, 0) is 0 Å². The van der Waals surface area contributed by atoms with E-state index in [4.69, 9.17) is 9.97 Å². The molecule has 0 unspecified atom stereocenters. The molecule has 4 aromatic heterocycles. The minimum Gasteiger partial charge on any atom is -0.354 e. The van der Waals surface area contributed by atoms with E-state index in [1.165, 1.54) is 0 Å². The second-order valence-electron chi connectivity index (χ2n) is 11.9. The van der Waals surface area contributed by atoms with E-state index in [0.717, 1.165) is 89.4 Å². The van der Waals surface area contributed by atoms with Gasteiger partial charge in [-0.05, 0) is 70.8 Å². The van der Waals surface area contributed by atoms with E-state index in [2.05, 4.69) is 148 Å². The smallest absolute Gasteiger partial charge is 0.167 e. The number of nitrogens with one attached hydrogen (secondary N) is 3. The van der Waals surface area contributed by atoms with Gasteiger partial charge in [-0.25, -0.2) is 15.0 Å². The van der Waals surface area contributed by atoms with Crippen LogP contribution in [0.2, 0.25) is 0 Å². The van der Waals surface area contributed by atoms with Crippen LogP contribution in [0.1, 0.15) is 22.8 Å². The number of hydrogen-bond donors (Lipinski definition) is 2. The highest BCUT2D eigenvalue weighted by Crippen LogP contribution is 2.38. The van der Waals surface area contributed by atoms with Crippen molar-refractivity contribution in [3.05, 3.63) is 163 Å². The minimum absolute atomic E-state index is 0.892. The number of fused-ring (bicyclic) bond motifs is 8. The average Bonchev–Trinajstić information content (AvgIpc) is 3.98. The van der Waals surface area contributed by atoms with E-state index in [-0.39, 0.29) is 0 Å². The molecule has 9 rings (SSSR count). The largest absolute Gasteiger partial charge is 0.354 e. The van der Waals surface area contributed by atoms with Crippen LogP contribution < -0.4 is 4.98 Å². The fourth-order valence-corrected chi connectivity index (χ4v) is 6.79. The van der Waals surface area contributed by atoms with Crippen LogP contribution in [0.15, 0.2) is 140 Å². The molecular weight excluding hydrogens is 587 g/mol. The van der Waals surface area contributed by atoms with Gasteiger partial charge < -0.3 is 9.97 Å². The Hall–Kier alpha value is -6.59. The van der Waals surface area contributed by atoms with E-state index in [0.29, 0.717) is 0 Å². The van der Waals surface area contributed by atoms with Crippen molar-refractivity contribution in [2.75, 3.05) is 0 Å². The standard InChI is InChI=1S/C43H29N5/c1-4-10-28(11-5-1)40-32-16-18-34(45-32)41(29-12-6-2-7-13-29)36-20-22-38(47-36)43(31-24-26-44-27-25-31)39-23-21-37(48-39)42(30-14-8-3-9-15-30)35-19-17-33(40)46-35/h1-27,45,48H/p+1. The lowest BCUT2D eigenvalue weighted by molar-refractivity contribution is -0.377. The topological polar surface area (TPSA) is 71.5 Å². The predicted octanol–water partition coefficient (Wildman–Crippen LogP) is 10.1. The molecule has 2 aliphatic heterocycles. The molecule has 0 spiro atoms. The third-order valence-electron chi connectivity index (χ3n) is 8.95. The molecule has 8 bridgehead atoms. The number of pyridine rings is 1. The van der Waals surface area contributed by atoms with Crippen LogP contribution in [0.4, 0.5) is 0 Å². The molecule has 3 N–H and O–H groups in total. The van der Waals surface area contributed by atoms with Gasteiger partial charge in [0, 0.05) is 56.5 Å². The molecule has 2 aliphatic rings. The Balaban J connectivity index is 1.49. The molecular formula is C43H30N5+. The van der Waals surface area contributed by atoms with Gasteiger partial charge in [-0.15, -0.1) is 0 Å². The van der Waals surface area contributed by atoms with E-state index < -0.39 is 0 Å². The van der Waals surface area contributed by atoms with Gasteiger partial charge in [0.15, 0.2) is 12.4 Å². The van der Waals surface area contributed by atoms with Gasteiger partial charge in [-0.1, -0.05) is 91.0 Å². The number of aromatic amines is 3. The van der Waals surface area contributed by atoms with Crippen LogP contribution in [0, 0.1) is 0 Å². The highest BCUT2D eigenvalue weighted by atomic mass is 14.8. The van der Waals surface area contributed by atoms with Crippen molar-refractivity contribution in [2.24, 2.45) is 0 Å². The van der Waals surface area contributed by atoms with Crippen molar-refractivity contribution in [1.82, 2.24) is 19.9 Å². The number of rotatable bonds is 4. The van der Waals surface area contributed by atoms with E-state index >= 15 is 0 Å². The number of benzene rings is 3. The molecule has 3 aromatic carbocycles. The Morgan fingerprint density at radius 2 is 0.625 bits per heavy atom. The number of H-pyrrole nitrogens is 3. The van der Waals surface area contributed by atoms with Gasteiger partial charge in [0.25, 0.3) is 0 Å². The molecule has 0 fully saturated rings. The monoisotopic (exact) mass is 616 g/mol. The SMILES string of the molecule is C1=Cc2nc1c(-c1ccccc1)c1ccc([nH]1)c(-c1ccccc1)c1nc(c(-c3cc[nH+]cc3)c3ccc([nH]3)c2-c2ccccc2)C=C1. The number of hydrogen-bond acceptors (Lipinski definition) is 2. The molecule has 0 saturated carbocycles. The summed E-state index contributed by atoms with van der Waals surface area (Å²) in [5.74, 6) is 0. The fraction of sp³-hybridized carbons (Fsp3) is 0. The van der Waals surface area contributed by atoms with Gasteiger partial charge in [0.2, 0.25) is 0 Å². The zero-order valence-corrected chi connectivity index (χ0v) is 26.0. The second-order valence-corrected chi connectivity index (χ2v) is 11.9. The first-order valence-corrected chi connectivity index (χ1v) is 16.1. The van der Waals surface area contributed by atoms with Gasteiger partial charge in [-0.2, -0.15) is 0 Å². The third-order valence-corrected chi connectivity index (χ3v) is 8.95. The maximum atomic E-state index is 5.34. The molecule has 0 radical (unpaired) electrons. The number of aromatic nitrogens is 5. The molecule has 5 nitrogen and oxygen atoms in total. The molecule has 0 saturated heterocycles. The Morgan fingerprint density at radius 3 is 0.938 bits per heavy atom. The lowest BCUT2D eigenvalue weighted by atomic mass is 10.0. The lowest BCUT2D eigenvalue weighted by Gasteiger charge is -2.06. The maximum Gasteiger partial charge on any atom is 0.167 e. The predicted molar refractivity (Wildman–Crippen MR) is 197 cm³/mol. The van der Waals surface area contributed by atoms with E-state index in [9.17, 15) is 0 Å². The zero-order chi connectivity index (χ0) is 31.9. The van der Waals surface area contributed by atoms with Crippen LogP contribution in [0.5, 0.6) is 0 Å². The summed E-state index contributed by atoms with van der Waals surface area (Å²) in [5, 5.41) is 0. The summed E-state index contributed by atoms with van der Waals surface area (Å²) in [7, 11) is 0. The van der Waals surface area contributed by atoms with Crippen molar-refractivity contribution in [2.45, 2.75) is 0 Å². The van der Waals surface area contributed by atoms with Crippen molar-refractivity contribution in [3.63, 3.8) is 0 Å². The molecule has 7 aromatic rings. The minimum atomic E-state index is 0.892. The summed E-state index contributed by atoms with van der Waals surface area (Å²) in [5.41, 5.74) is 16.0. The van der Waals surface area contributed by atoms with Crippen LogP contribution >= 0.6 is 0 Å². The highest BCUT2D eigenvalue weighted by molar-refractivity contribution is 5.99. The van der Waals surface area contributed by atoms with Gasteiger partial charge in [-0.3, -0.25) is 0 Å². The fourth-order valence-electron chi connectivity index (χ4n) is 6.79. The Kier molecular flexibility index (Phi) is 6.72. The Bertz CT molecular complexity index is 2180. The van der Waals surface area contributed by atoms with Crippen molar-refractivity contribution < 1.29 is 4.98 Å². The first-order chi connectivity index (χ1) is 23.8. The third kappa shape index (κ3) is 4.86. The summed E-state index contributed by atoms with van der Waals surface area (Å²) in [6.45, 7) is 0. The van der Waals surface area contributed by atoms with E-state index in [1.54, 1.807) is 0 Å². The average molecular weight is 617 g/mol. The maximum absolute atomic E-state index is 5.34. The Morgan fingerprint density at radius 1 is 0.333 bits per heavy atom. The summed E-state index contributed by atoms with van der Waals surface area (Å²) >= 11 is 0. The van der Waals surface area contributed by atoms with Crippen molar-refractivity contribution >= 4 is 46.4 Å². The van der Waals surface area contributed by atoms with Crippen LogP contribution in [-0.4, -0.2) is 19.9 Å². The quantitative estimate of drug-likeness (QED) is 0.207. The lowest BCUT2D eigenvalue weighted by Crippen LogP contribution is -1.97. The van der Waals surface area contributed by atoms with Gasteiger partial charge in [0.05, 0.1) is 22.8 Å². The van der Waals surface area contributed by atoms with Gasteiger partial charge in [0.1, 0.15) is 0 Å². The molecule has 0 aliphatic carbocycles. The van der Waals surface area contributed by atoms with Gasteiger partial charge >= 0.3 is 0 Å². The van der Waals surface area contributed by atoms with Crippen LogP contribution in [0.25, 0.3) is 90.9 Å². The first kappa shape index (κ1) is 27.7.